The fraction of sp³-hybridized carbons (Fsp3) is 0.650. The van der Waals surface area contributed by atoms with Crippen molar-refractivity contribution in [2.24, 2.45) is 10.2 Å². The molecule has 0 saturated carbocycles. The van der Waals surface area contributed by atoms with Gasteiger partial charge < -0.3 is 37.2 Å². The number of hydrogen-bond acceptors (Lipinski definition) is 7. The van der Waals surface area contributed by atoms with Crippen molar-refractivity contribution in [3.63, 3.8) is 0 Å². The van der Waals surface area contributed by atoms with Gasteiger partial charge in [-0.25, -0.2) is 26.1 Å². The zero-order valence-corrected chi connectivity index (χ0v) is 24.1. The first-order valence-electron chi connectivity index (χ1n) is 10.2. The van der Waals surface area contributed by atoms with Crippen LogP contribution in [0.3, 0.4) is 0 Å². The van der Waals surface area contributed by atoms with Crippen molar-refractivity contribution in [2.75, 3.05) is 26.2 Å². The molecule has 2 N–H and O–H groups in total. The summed E-state index contributed by atoms with van der Waals surface area (Å²) in [4.78, 5) is 4.78. The molecule has 0 amide bonds. The Labute approximate surface area is 238 Å². The minimum atomic E-state index is 0. The third kappa shape index (κ3) is 11.3. The molecular weight excluding hydrogens is 589 g/mol. The van der Waals surface area contributed by atoms with Crippen LogP contribution >= 0.6 is 0 Å². The summed E-state index contributed by atoms with van der Waals surface area (Å²) in [5.41, 5.74) is 11.1. The number of piperidine rings is 2. The van der Waals surface area contributed by atoms with Crippen LogP contribution in [-0.2, 0) is 0 Å². The molecule has 3 rings (SSSR count). The smallest absolute Gasteiger partial charge is 1.00 e. The Hall–Kier alpha value is 0.231. The van der Waals surface area contributed by atoms with Crippen LogP contribution in [-0.4, -0.2) is 52.6 Å². The molecule has 1 radical (unpaired) electrons. The molecule has 11 heteroatoms. The maximum absolute atomic E-state index is 4.78. The summed E-state index contributed by atoms with van der Waals surface area (Å²) in [6.45, 7) is 10.3. The second-order valence-corrected chi connectivity index (χ2v) is 7.60. The topological polar surface area (TPSA) is 68.2 Å². The van der Waals surface area contributed by atoms with Crippen molar-refractivity contribution < 1.29 is 78.1 Å². The van der Waals surface area contributed by atoms with Crippen LogP contribution in [0.2, 0.25) is 0 Å². The van der Waals surface area contributed by atoms with Gasteiger partial charge in [0.25, 0.3) is 0 Å². The van der Waals surface area contributed by atoms with E-state index in [1.54, 1.807) is 0 Å². The molecule has 3 heterocycles. The van der Waals surface area contributed by atoms with Gasteiger partial charge in [-0.2, -0.15) is 10.2 Å². The van der Waals surface area contributed by atoms with Gasteiger partial charge in [0.15, 0.2) is 0 Å². The number of hydrazine groups is 2. The molecule has 0 unspecified atom stereocenters. The number of hydrazone groups is 2. The second-order valence-electron chi connectivity index (χ2n) is 7.60. The van der Waals surface area contributed by atoms with Crippen molar-refractivity contribution in [2.45, 2.75) is 59.3 Å². The Bertz CT molecular complexity index is 637. The third-order valence-corrected chi connectivity index (χ3v) is 5.14. The molecule has 2 saturated heterocycles. The van der Waals surface area contributed by atoms with Gasteiger partial charge >= 0.3 is 40.8 Å². The van der Waals surface area contributed by atoms with E-state index in [9.17, 15) is 0 Å². The van der Waals surface area contributed by atoms with Crippen molar-refractivity contribution in [1.29, 1.82) is 0 Å². The molecule has 2 fully saturated rings. The summed E-state index contributed by atoms with van der Waals surface area (Å²) in [6, 6.07) is 4.15. The number of pyridine rings is 1. The Kier molecular flexibility index (Phi) is 19.0. The number of nitrogens with one attached hydrogen (secondary N) is 2. The standard InChI is InChI=1S/C20H33N7.3ClH.Nd/c1-16-14-19(17(2)22-24-26-10-6-4-7-11-26)21-20(15-16)18(3)23-25-27-12-8-5-9-13-27;;;;/h14-15,24-25H,4-13H2,1-3H3;3*1H;/q;;;;+3/p-3. The molecule has 2 aliphatic heterocycles. The molecule has 0 spiro atoms. The van der Waals surface area contributed by atoms with Crippen LogP contribution in [0.15, 0.2) is 22.3 Å². The third-order valence-electron chi connectivity index (χ3n) is 5.14. The van der Waals surface area contributed by atoms with Gasteiger partial charge in [-0.15, -0.1) is 0 Å². The minimum Gasteiger partial charge on any atom is -1.00 e. The van der Waals surface area contributed by atoms with E-state index in [1.165, 1.54) is 38.5 Å². The summed E-state index contributed by atoms with van der Waals surface area (Å²) in [5, 5.41) is 13.4. The fourth-order valence-electron chi connectivity index (χ4n) is 3.43. The first kappa shape index (κ1) is 33.4. The van der Waals surface area contributed by atoms with Crippen molar-refractivity contribution in [3.8, 4) is 0 Å². The van der Waals surface area contributed by atoms with Gasteiger partial charge in [0, 0.05) is 26.2 Å². The molecule has 7 nitrogen and oxygen atoms in total. The van der Waals surface area contributed by atoms with E-state index < -0.39 is 0 Å². The second kappa shape index (κ2) is 17.7. The summed E-state index contributed by atoms with van der Waals surface area (Å²) in [6.07, 6.45) is 7.55. The van der Waals surface area contributed by atoms with Gasteiger partial charge in [-0.05, 0) is 64.2 Å². The molecule has 2 aliphatic rings. The van der Waals surface area contributed by atoms with Gasteiger partial charge in [-0.3, -0.25) is 0 Å². The Balaban J connectivity index is 0. The Morgan fingerprint density at radius 2 is 1.10 bits per heavy atom. The van der Waals surface area contributed by atoms with E-state index in [1.807, 2.05) is 13.8 Å². The monoisotopic (exact) mass is 618 g/mol. The summed E-state index contributed by atoms with van der Waals surface area (Å²) in [7, 11) is 0. The van der Waals surface area contributed by atoms with Crippen molar-refractivity contribution in [3.05, 3.63) is 29.1 Å². The minimum absolute atomic E-state index is 0. The van der Waals surface area contributed by atoms with Crippen LogP contribution in [0.4, 0.5) is 0 Å². The summed E-state index contributed by atoms with van der Waals surface area (Å²) >= 11 is 0. The number of hydrogen-bond donors (Lipinski definition) is 2. The summed E-state index contributed by atoms with van der Waals surface area (Å²) < 4.78 is 0. The number of aryl methyl sites for hydroxylation is 1. The van der Waals surface area contributed by atoms with Crippen molar-refractivity contribution in [1.82, 2.24) is 26.1 Å². The van der Waals surface area contributed by atoms with Crippen LogP contribution < -0.4 is 48.3 Å². The Morgan fingerprint density at radius 1 is 0.742 bits per heavy atom. The maximum Gasteiger partial charge on any atom is 3.00 e. The zero-order chi connectivity index (χ0) is 19.1. The molecule has 173 valence electrons. The number of nitrogens with zero attached hydrogens (tertiary/aromatic N) is 5. The van der Waals surface area contributed by atoms with E-state index in [4.69, 9.17) is 4.98 Å². The molecule has 0 bridgehead atoms. The number of halogens is 3. The van der Waals surface area contributed by atoms with E-state index in [-0.39, 0.29) is 78.1 Å². The number of aromatic nitrogens is 1. The maximum atomic E-state index is 4.78. The summed E-state index contributed by atoms with van der Waals surface area (Å²) in [5.74, 6) is 0. The first-order valence-corrected chi connectivity index (χ1v) is 10.2. The predicted octanol–water partition coefficient (Wildman–Crippen LogP) is -6.17. The van der Waals surface area contributed by atoms with E-state index in [2.05, 4.69) is 50.3 Å². The van der Waals surface area contributed by atoms with Crippen LogP contribution in [0.5, 0.6) is 0 Å². The van der Waals surface area contributed by atoms with E-state index >= 15 is 0 Å². The van der Waals surface area contributed by atoms with Gasteiger partial charge in [0.2, 0.25) is 0 Å². The first-order chi connectivity index (χ1) is 13.1. The van der Waals surface area contributed by atoms with Crippen molar-refractivity contribution >= 4 is 11.4 Å². The quantitative estimate of drug-likeness (QED) is 0.245. The van der Waals surface area contributed by atoms with Gasteiger partial charge in [0.05, 0.1) is 22.8 Å². The van der Waals surface area contributed by atoms with Crippen LogP contribution in [0, 0.1) is 47.8 Å². The molecule has 31 heavy (non-hydrogen) atoms. The normalized spacial score (nSPS) is 17.9. The molecule has 0 atom stereocenters. The van der Waals surface area contributed by atoms with Crippen LogP contribution in [0.1, 0.15) is 69.3 Å². The average molecular weight is 622 g/mol. The zero-order valence-electron chi connectivity index (χ0n) is 18.6. The SMILES string of the molecule is CC(=NNN1CCCCC1)c1cc(C)cc(C(C)=NNN2CCCCC2)n1.[Cl-].[Cl-].[Cl-].[Nd+3]. The molecule has 0 aliphatic carbocycles. The largest absolute Gasteiger partial charge is 3.00 e. The molecular formula is C20H33Cl3N7Nd. The van der Waals surface area contributed by atoms with Gasteiger partial charge in [-0.1, -0.05) is 12.8 Å². The van der Waals surface area contributed by atoms with Gasteiger partial charge in [0.1, 0.15) is 0 Å². The van der Waals surface area contributed by atoms with E-state index in [0.717, 1.165) is 54.6 Å². The molecule has 1 aromatic heterocycles. The molecule has 0 aromatic carbocycles. The number of rotatable bonds is 6. The average Bonchev–Trinajstić information content (AvgIpc) is 2.71. The Morgan fingerprint density at radius 3 is 1.45 bits per heavy atom. The predicted molar refractivity (Wildman–Crippen MR) is 111 cm³/mol. The van der Waals surface area contributed by atoms with E-state index in [0.29, 0.717) is 0 Å². The van der Waals surface area contributed by atoms with Crippen LogP contribution in [0.25, 0.3) is 0 Å². The fourth-order valence-corrected chi connectivity index (χ4v) is 3.43. The molecule has 1 aromatic rings.